The zero-order valence-electron chi connectivity index (χ0n) is 5.36. The zero-order chi connectivity index (χ0) is 7.28. The molecule has 1 nitrogen and oxygen atoms in total. The van der Waals surface area contributed by atoms with Crippen molar-refractivity contribution in [1.29, 1.82) is 0 Å². The van der Waals surface area contributed by atoms with Gasteiger partial charge >= 0.3 is 0 Å². The Kier molecular flexibility index (Phi) is 5.80. The maximum Gasteiger partial charge on any atom is 0.157 e. The monoisotopic (exact) mass is 256 g/mol. The number of rotatable bonds is 4. The van der Waals surface area contributed by atoms with E-state index in [9.17, 15) is 4.79 Å². The van der Waals surface area contributed by atoms with Crippen LogP contribution in [0.5, 0.6) is 0 Å². The van der Waals surface area contributed by atoms with Gasteiger partial charge in [0.1, 0.15) is 3.74 Å². The molecule has 0 aliphatic carbocycles. The number of alkyl halides is 2. The fourth-order valence-corrected chi connectivity index (χ4v) is 0.918. The average Bonchev–Trinajstić information content (AvgIpc) is 1.82. The standard InChI is InChI=1S/C6H10Br2O/c1-2-3-4-5(9)6(7)8/h6H,2-4H2,1H3. The van der Waals surface area contributed by atoms with E-state index in [-0.39, 0.29) is 9.52 Å². The minimum absolute atomic E-state index is 0.142. The summed E-state index contributed by atoms with van der Waals surface area (Å²) in [7, 11) is 0. The van der Waals surface area contributed by atoms with Gasteiger partial charge in [0, 0.05) is 6.42 Å². The second-order valence-electron chi connectivity index (χ2n) is 1.87. The molecule has 0 saturated carbocycles. The summed E-state index contributed by atoms with van der Waals surface area (Å²) in [5.74, 6) is 0.233. The van der Waals surface area contributed by atoms with Crippen molar-refractivity contribution in [2.45, 2.75) is 29.9 Å². The lowest BCUT2D eigenvalue weighted by Crippen LogP contribution is -2.05. The average molecular weight is 258 g/mol. The Morgan fingerprint density at radius 1 is 1.56 bits per heavy atom. The van der Waals surface area contributed by atoms with Gasteiger partial charge in [0.15, 0.2) is 5.78 Å². The molecule has 0 aromatic carbocycles. The predicted octanol–water partition coefficient (Wildman–Crippen LogP) is 2.86. The van der Waals surface area contributed by atoms with Crippen LogP contribution in [0.15, 0.2) is 0 Å². The van der Waals surface area contributed by atoms with E-state index in [2.05, 4.69) is 38.8 Å². The lowest BCUT2D eigenvalue weighted by Gasteiger charge is -1.97. The number of Topliss-reactive ketones (excluding diaryl/α,β-unsaturated/α-hetero) is 1. The van der Waals surface area contributed by atoms with Crippen LogP contribution in [0.1, 0.15) is 26.2 Å². The highest BCUT2D eigenvalue weighted by Gasteiger charge is 2.08. The topological polar surface area (TPSA) is 17.1 Å². The molecule has 0 radical (unpaired) electrons. The van der Waals surface area contributed by atoms with Gasteiger partial charge in [-0.1, -0.05) is 45.2 Å². The largest absolute Gasteiger partial charge is 0.297 e. The fraction of sp³-hybridized carbons (Fsp3) is 0.833. The molecule has 54 valence electrons. The van der Waals surface area contributed by atoms with Crippen LogP contribution in [0.2, 0.25) is 0 Å². The van der Waals surface area contributed by atoms with Crippen molar-refractivity contribution in [1.82, 2.24) is 0 Å². The third-order valence-electron chi connectivity index (χ3n) is 1.02. The zero-order valence-corrected chi connectivity index (χ0v) is 8.53. The van der Waals surface area contributed by atoms with Crippen molar-refractivity contribution in [3.8, 4) is 0 Å². The molecule has 0 rings (SSSR count). The predicted molar refractivity (Wildman–Crippen MR) is 46.2 cm³/mol. The molecule has 0 aliphatic heterocycles. The van der Waals surface area contributed by atoms with E-state index in [1.807, 2.05) is 0 Å². The fourth-order valence-electron chi connectivity index (χ4n) is 0.460. The van der Waals surface area contributed by atoms with Gasteiger partial charge in [0.2, 0.25) is 0 Å². The highest BCUT2D eigenvalue weighted by molar-refractivity contribution is 9.25. The van der Waals surface area contributed by atoms with Gasteiger partial charge in [0.05, 0.1) is 0 Å². The van der Waals surface area contributed by atoms with E-state index in [0.29, 0.717) is 6.42 Å². The van der Waals surface area contributed by atoms with E-state index < -0.39 is 0 Å². The molecule has 0 fully saturated rings. The van der Waals surface area contributed by atoms with Crippen molar-refractivity contribution in [3.05, 3.63) is 0 Å². The summed E-state index contributed by atoms with van der Waals surface area (Å²) in [5, 5.41) is 0. The van der Waals surface area contributed by atoms with Gasteiger partial charge < -0.3 is 0 Å². The molecule has 0 atom stereocenters. The first-order chi connectivity index (χ1) is 4.18. The molecule has 0 heterocycles. The van der Waals surface area contributed by atoms with Crippen LogP contribution in [0, 0.1) is 0 Å². The second-order valence-corrected chi connectivity index (χ2v) is 4.93. The van der Waals surface area contributed by atoms with Gasteiger partial charge in [0.25, 0.3) is 0 Å². The molecule has 0 bridgehead atoms. The minimum atomic E-state index is -0.142. The van der Waals surface area contributed by atoms with E-state index in [0.717, 1.165) is 12.8 Å². The molecule has 9 heavy (non-hydrogen) atoms. The van der Waals surface area contributed by atoms with Crippen LogP contribution in [0.4, 0.5) is 0 Å². The molecule has 0 aliphatic rings. The Morgan fingerprint density at radius 2 is 2.11 bits per heavy atom. The van der Waals surface area contributed by atoms with Gasteiger partial charge in [-0.3, -0.25) is 4.79 Å². The molecule has 0 unspecified atom stereocenters. The maximum atomic E-state index is 10.8. The first-order valence-electron chi connectivity index (χ1n) is 2.99. The molecule has 0 saturated heterocycles. The number of halogens is 2. The Hall–Kier alpha value is 0.630. The Labute approximate surface area is 72.5 Å². The minimum Gasteiger partial charge on any atom is -0.297 e. The molecular formula is C6H10Br2O. The number of hydrogen-bond acceptors (Lipinski definition) is 1. The van der Waals surface area contributed by atoms with Crippen LogP contribution < -0.4 is 0 Å². The lowest BCUT2D eigenvalue weighted by molar-refractivity contribution is -0.117. The molecule has 0 amide bonds. The third kappa shape index (κ3) is 5.09. The van der Waals surface area contributed by atoms with Crippen LogP contribution in [0.25, 0.3) is 0 Å². The first-order valence-corrected chi connectivity index (χ1v) is 4.82. The Balaban J connectivity index is 3.28. The van der Waals surface area contributed by atoms with Crippen LogP contribution >= 0.6 is 31.9 Å². The van der Waals surface area contributed by atoms with Crippen LogP contribution in [-0.2, 0) is 4.79 Å². The molecular weight excluding hydrogens is 248 g/mol. The molecule has 0 N–H and O–H groups in total. The smallest absolute Gasteiger partial charge is 0.157 e. The molecule has 3 heteroatoms. The summed E-state index contributed by atoms with van der Waals surface area (Å²) >= 11 is 6.27. The molecule has 0 spiro atoms. The van der Waals surface area contributed by atoms with E-state index >= 15 is 0 Å². The van der Waals surface area contributed by atoms with Crippen molar-refractivity contribution < 1.29 is 4.79 Å². The van der Waals surface area contributed by atoms with Crippen molar-refractivity contribution in [3.63, 3.8) is 0 Å². The highest BCUT2D eigenvalue weighted by Crippen LogP contribution is 2.12. The number of carbonyl (C=O) groups is 1. The van der Waals surface area contributed by atoms with Gasteiger partial charge in [-0.05, 0) is 6.42 Å². The van der Waals surface area contributed by atoms with E-state index in [1.165, 1.54) is 0 Å². The van der Waals surface area contributed by atoms with Gasteiger partial charge in [-0.15, -0.1) is 0 Å². The van der Waals surface area contributed by atoms with Crippen molar-refractivity contribution >= 4 is 37.6 Å². The first kappa shape index (κ1) is 9.63. The molecule has 0 aromatic heterocycles. The van der Waals surface area contributed by atoms with Gasteiger partial charge in [-0.2, -0.15) is 0 Å². The van der Waals surface area contributed by atoms with Crippen LogP contribution in [0.3, 0.4) is 0 Å². The highest BCUT2D eigenvalue weighted by atomic mass is 79.9. The maximum absolute atomic E-state index is 10.8. The SMILES string of the molecule is CCCCC(=O)C(Br)Br. The van der Waals surface area contributed by atoms with E-state index in [1.54, 1.807) is 0 Å². The summed E-state index contributed by atoms with van der Waals surface area (Å²) in [4.78, 5) is 10.8. The lowest BCUT2D eigenvalue weighted by atomic mass is 10.2. The summed E-state index contributed by atoms with van der Waals surface area (Å²) in [6.45, 7) is 2.07. The normalized spacial score (nSPS) is 10.2. The Bertz CT molecular complexity index is 91.1. The second kappa shape index (κ2) is 5.42. The van der Waals surface area contributed by atoms with Crippen molar-refractivity contribution in [2.24, 2.45) is 0 Å². The number of unbranched alkanes of at least 4 members (excludes halogenated alkanes) is 1. The Morgan fingerprint density at radius 3 is 2.44 bits per heavy atom. The van der Waals surface area contributed by atoms with E-state index in [4.69, 9.17) is 0 Å². The quantitative estimate of drug-likeness (QED) is 0.708. The summed E-state index contributed by atoms with van der Waals surface area (Å²) in [6, 6.07) is 0. The van der Waals surface area contributed by atoms with Crippen molar-refractivity contribution in [2.75, 3.05) is 0 Å². The number of hydrogen-bond donors (Lipinski definition) is 0. The number of carbonyl (C=O) groups excluding carboxylic acids is 1. The van der Waals surface area contributed by atoms with Gasteiger partial charge in [-0.25, -0.2) is 0 Å². The summed E-state index contributed by atoms with van der Waals surface area (Å²) < 4.78 is -0.142. The summed E-state index contributed by atoms with van der Waals surface area (Å²) in [6.07, 6.45) is 2.75. The molecule has 0 aromatic rings. The van der Waals surface area contributed by atoms with Crippen LogP contribution in [-0.4, -0.2) is 9.52 Å². The third-order valence-corrected chi connectivity index (χ3v) is 2.04. The summed E-state index contributed by atoms with van der Waals surface area (Å²) in [5.41, 5.74) is 0. The number of ketones is 1.